The summed E-state index contributed by atoms with van der Waals surface area (Å²) in [5.74, 6) is 0. The second-order valence-corrected chi connectivity index (χ2v) is 7.72. The van der Waals surface area contributed by atoms with Crippen LogP contribution in [0.1, 0.15) is 37.8 Å². The number of hydrogen-bond donors (Lipinski definition) is 1. The van der Waals surface area contributed by atoms with Crippen molar-refractivity contribution in [1.82, 2.24) is 4.31 Å². The van der Waals surface area contributed by atoms with Gasteiger partial charge in [-0.05, 0) is 43.0 Å². The third-order valence-electron chi connectivity index (χ3n) is 3.71. The highest BCUT2D eigenvalue weighted by molar-refractivity contribution is 9.10. The molecule has 0 saturated carbocycles. The Bertz CT molecular complexity index is 569. The molecular weight excluding hydrogens is 340 g/mol. The van der Waals surface area contributed by atoms with Crippen molar-refractivity contribution in [2.24, 2.45) is 5.73 Å². The minimum absolute atomic E-state index is 0.0136. The van der Waals surface area contributed by atoms with Gasteiger partial charge in [0.1, 0.15) is 0 Å². The van der Waals surface area contributed by atoms with Crippen LogP contribution < -0.4 is 5.73 Å². The molecule has 0 amide bonds. The van der Waals surface area contributed by atoms with Crippen molar-refractivity contribution in [3.63, 3.8) is 0 Å². The van der Waals surface area contributed by atoms with Gasteiger partial charge in [-0.25, -0.2) is 8.42 Å². The van der Waals surface area contributed by atoms with Crippen LogP contribution in [0.5, 0.6) is 0 Å². The van der Waals surface area contributed by atoms with E-state index in [2.05, 4.69) is 15.9 Å². The van der Waals surface area contributed by atoms with Gasteiger partial charge in [-0.2, -0.15) is 4.31 Å². The smallest absolute Gasteiger partial charge is 0.243 e. The van der Waals surface area contributed by atoms with E-state index < -0.39 is 10.0 Å². The zero-order valence-electron chi connectivity index (χ0n) is 12.5. The summed E-state index contributed by atoms with van der Waals surface area (Å²) in [7, 11) is -1.85. The lowest BCUT2D eigenvalue weighted by molar-refractivity contribution is 0.349. The van der Waals surface area contributed by atoms with Gasteiger partial charge in [0.25, 0.3) is 0 Å². The summed E-state index contributed by atoms with van der Waals surface area (Å²) in [6.07, 6.45) is 1.59. The number of nitrogens with two attached hydrogens (primary N) is 1. The average molecular weight is 363 g/mol. The molecule has 1 aromatic carbocycles. The third kappa shape index (κ3) is 3.42. The summed E-state index contributed by atoms with van der Waals surface area (Å²) in [4.78, 5) is 0.335. The molecule has 0 fully saturated rings. The van der Waals surface area contributed by atoms with Crippen molar-refractivity contribution < 1.29 is 8.42 Å². The van der Waals surface area contributed by atoms with E-state index in [0.29, 0.717) is 11.4 Å². The van der Waals surface area contributed by atoms with Gasteiger partial charge in [-0.15, -0.1) is 0 Å². The first-order valence-corrected chi connectivity index (χ1v) is 8.99. The highest BCUT2D eigenvalue weighted by atomic mass is 79.9. The number of nitrogens with zero attached hydrogens (tertiary/aromatic N) is 1. The third-order valence-corrected chi connectivity index (χ3v) is 6.57. The predicted molar refractivity (Wildman–Crippen MR) is 86.1 cm³/mol. The summed E-state index contributed by atoms with van der Waals surface area (Å²) >= 11 is 3.41. The standard InChI is InChI=1S/C14H23BrN2O2S/c1-5-12(6-2)17(4)20(18,19)14-8-11(9-16)7-13(15)10(14)3/h7-8,12H,5-6,9,16H2,1-4H3. The quantitative estimate of drug-likeness (QED) is 0.845. The minimum Gasteiger partial charge on any atom is -0.326 e. The van der Waals surface area contributed by atoms with Crippen LogP contribution in [-0.2, 0) is 16.6 Å². The molecule has 0 radical (unpaired) electrons. The highest BCUT2D eigenvalue weighted by Crippen LogP contribution is 2.29. The van der Waals surface area contributed by atoms with E-state index in [4.69, 9.17) is 5.73 Å². The molecule has 0 aliphatic carbocycles. The Kier molecular flexibility index (Phi) is 6.19. The van der Waals surface area contributed by atoms with Crippen molar-refractivity contribution in [3.8, 4) is 0 Å². The summed E-state index contributed by atoms with van der Waals surface area (Å²) in [6, 6.07) is 3.56. The average Bonchev–Trinajstić information content (AvgIpc) is 2.42. The van der Waals surface area contributed by atoms with Crippen LogP contribution >= 0.6 is 15.9 Å². The summed E-state index contributed by atoms with van der Waals surface area (Å²) in [5.41, 5.74) is 7.17. The van der Waals surface area contributed by atoms with Crippen molar-refractivity contribution in [2.45, 2.75) is 51.1 Å². The SMILES string of the molecule is CCC(CC)N(C)S(=O)(=O)c1cc(CN)cc(Br)c1C. The fraction of sp³-hybridized carbons (Fsp3) is 0.571. The maximum absolute atomic E-state index is 12.8. The number of hydrogen-bond acceptors (Lipinski definition) is 3. The van der Waals surface area contributed by atoms with Gasteiger partial charge in [-0.1, -0.05) is 29.8 Å². The zero-order valence-corrected chi connectivity index (χ0v) is 14.9. The van der Waals surface area contributed by atoms with E-state index in [-0.39, 0.29) is 6.04 Å². The van der Waals surface area contributed by atoms with Gasteiger partial charge in [0.2, 0.25) is 10.0 Å². The van der Waals surface area contributed by atoms with Crippen molar-refractivity contribution in [1.29, 1.82) is 0 Å². The van der Waals surface area contributed by atoms with Crippen molar-refractivity contribution >= 4 is 26.0 Å². The second-order valence-electron chi connectivity index (χ2n) is 4.90. The Morgan fingerprint density at radius 3 is 2.30 bits per heavy atom. The van der Waals surface area contributed by atoms with Gasteiger partial charge >= 0.3 is 0 Å². The summed E-state index contributed by atoms with van der Waals surface area (Å²) in [5, 5.41) is 0. The molecule has 1 aromatic rings. The molecule has 4 nitrogen and oxygen atoms in total. The molecule has 1 rings (SSSR count). The van der Waals surface area contributed by atoms with Crippen LogP contribution in [0.25, 0.3) is 0 Å². The molecule has 0 bridgehead atoms. The van der Waals surface area contributed by atoms with E-state index in [0.717, 1.165) is 28.4 Å². The van der Waals surface area contributed by atoms with Crippen LogP contribution in [0, 0.1) is 6.92 Å². The fourth-order valence-electron chi connectivity index (χ4n) is 2.25. The Morgan fingerprint density at radius 1 is 1.30 bits per heavy atom. The van der Waals surface area contributed by atoms with Crippen LogP contribution in [0.3, 0.4) is 0 Å². The first kappa shape index (κ1) is 17.6. The number of rotatable bonds is 6. The summed E-state index contributed by atoms with van der Waals surface area (Å²) in [6.45, 7) is 6.12. The van der Waals surface area contributed by atoms with Crippen molar-refractivity contribution in [3.05, 3.63) is 27.7 Å². The first-order chi connectivity index (χ1) is 9.29. The van der Waals surface area contributed by atoms with E-state index in [9.17, 15) is 8.42 Å². The first-order valence-electron chi connectivity index (χ1n) is 6.76. The Balaban J connectivity index is 3.38. The van der Waals surface area contributed by atoms with Crippen LogP contribution in [-0.4, -0.2) is 25.8 Å². The van der Waals surface area contributed by atoms with Gasteiger partial charge in [0, 0.05) is 24.1 Å². The number of sulfonamides is 1. The maximum Gasteiger partial charge on any atom is 0.243 e. The molecule has 0 aromatic heterocycles. The normalized spacial score (nSPS) is 12.4. The molecule has 2 N–H and O–H groups in total. The predicted octanol–water partition coefficient (Wildman–Crippen LogP) is 3.03. The molecule has 6 heteroatoms. The molecule has 0 aliphatic heterocycles. The molecule has 0 saturated heterocycles. The van der Waals surface area contributed by atoms with E-state index >= 15 is 0 Å². The van der Waals surface area contributed by atoms with Gasteiger partial charge in [0.15, 0.2) is 0 Å². The van der Waals surface area contributed by atoms with Crippen LogP contribution in [0.15, 0.2) is 21.5 Å². The molecule has 0 spiro atoms. The molecule has 0 aliphatic rings. The lowest BCUT2D eigenvalue weighted by Gasteiger charge is -2.26. The Hall–Kier alpha value is -0.430. The molecular formula is C14H23BrN2O2S. The number of halogens is 1. The van der Waals surface area contributed by atoms with Gasteiger partial charge < -0.3 is 5.73 Å². The van der Waals surface area contributed by atoms with E-state index in [1.165, 1.54) is 4.31 Å². The molecule has 0 atom stereocenters. The van der Waals surface area contributed by atoms with Gasteiger partial charge in [0.05, 0.1) is 4.90 Å². The molecule has 114 valence electrons. The fourth-order valence-corrected chi connectivity index (χ4v) is 4.68. The lowest BCUT2D eigenvalue weighted by atomic mass is 10.1. The molecule has 0 heterocycles. The Labute approximate surface area is 130 Å². The van der Waals surface area contributed by atoms with E-state index in [1.54, 1.807) is 20.0 Å². The lowest BCUT2D eigenvalue weighted by Crippen LogP contribution is -2.36. The molecule has 0 unspecified atom stereocenters. The van der Waals surface area contributed by atoms with Gasteiger partial charge in [-0.3, -0.25) is 0 Å². The molecule has 20 heavy (non-hydrogen) atoms. The van der Waals surface area contributed by atoms with Crippen molar-refractivity contribution in [2.75, 3.05) is 7.05 Å². The second kappa shape index (κ2) is 7.02. The van der Waals surface area contributed by atoms with Crippen LogP contribution in [0.2, 0.25) is 0 Å². The largest absolute Gasteiger partial charge is 0.326 e. The minimum atomic E-state index is -3.50. The topological polar surface area (TPSA) is 63.4 Å². The number of benzene rings is 1. The monoisotopic (exact) mass is 362 g/mol. The van der Waals surface area contributed by atoms with Crippen LogP contribution in [0.4, 0.5) is 0 Å². The maximum atomic E-state index is 12.8. The highest BCUT2D eigenvalue weighted by Gasteiger charge is 2.28. The summed E-state index contributed by atoms with van der Waals surface area (Å²) < 4.78 is 27.8. The van der Waals surface area contributed by atoms with E-state index in [1.807, 2.05) is 19.9 Å². The Morgan fingerprint density at radius 2 is 1.85 bits per heavy atom. The zero-order chi connectivity index (χ0) is 15.5.